The Kier molecular flexibility index (Phi) is 2.00. The van der Waals surface area contributed by atoms with E-state index in [1.54, 1.807) is 0 Å². The molecule has 0 radical (unpaired) electrons. The zero-order valence-electron chi connectivity index (χ0n) is 5.45. The average molecular weight is 150 g/mol. The molecule has 1 aliphatic rings. The molecule has 50 valence electrons. The zero-order chi connectivity index (χ0) is 7.61. The van der Waals surface area contributed by atoms with Crippen LogP contribution in [0.3, 0.4) is 0 Å². The van der Waals surface area contributed by atoms with E-state index in [9.17, 15) is 9.90 Å². The van der Waals surface area contributed by atoms with Crippen LogP contribution in [0.15, 0.2) is 24.3 Å². The van der Waals surface area contributed by atoms with Crippen molar-refractivity contribution in [3.8, 4) is 0 Å². The summed E-state index contributed by atoms with van der Waals surface area (Å²) < 4.78 is -0.909. The fourth-order valence-electron chi connectivity index (χ4n) is 0.678. The minimum absolute atomic E-state index is 0.0717. The van der Waals surface area contributed by atoms with E-state index in [-0.39, 0.29) is 20.6 Å². The molecular weight excluding hydrogens is 143 g/mol. The molecule has 1 rings (SSSR count). The summed E-state index contributed by atoms with van der Waals surface area (Å²) in [5.74, 6) is -0.0717. The summed E-state index contributed by atoms with van der Waals surface area (Å²) in [6, 6.07) is 0. The third kappa shape index (κ3) is 1.51. The molecule has 0 saturated heterocycles. The van der Waals surface area contributed by atoms with Crippen molar-refractivity contribution in [1.29, 1.82) is 0 Å². The second-order valence-electron chi connectivity index (χ2n) is 2.16. The zero-order valence-corrected chi connectivity index (χ0v) is 6.60. The van der Waals surface area contributed by atoms with Crippen LogP contribution in [-0.2, 0) is 4.79 Å². The SMILES string of the molecule is [CH2]=[Al][C]1(O)C=CC(=O)C=C1. The molecule has 0 aromatic rings. The maximum absolute atomic E-state index is 10.6. The van der Waals surface area contributed by atoms with Gasteiger partial charge in [0.25, 0.3) is 0 Å². The van der Waals surface area contributed by atoms with Gasteiger partial charge < -0.3 is 0 Å². The topological polar surface area (TPSA) is 37.3 Å². The van der Waals surface area contributed by atoms with Crippen LogP contribution in [0.25, 0.3) is 0 Å². The Hall–Kier alpha value is -0.488. The number of aliphatic hydroxyl groups is 1. The summed E-state index contributed by atoms with van der Waals surface area (Å²) in [5.41, 5.74) is 0. The van der Waals surface area contributed by atoms with Crippen molar-refractivity contribution in [3.63, 3.8) is 0 Å². The number of carbonyl (C=O) groups is 1. The predicted octanol–water partition coefficient (Wildman–Crippen LogP) is -0.494. The Labute approximate surface area is 65.1 Å². The van der Waals surface area contributed by atoms with Gasteiger partial charge in [0.15, 0.2) is 0 Å². The Balaban J connectivity index is 2.88. The Bertz CT molecular complexity index is 212. The fraction of sp³-hybridized carbons (Fsp3) is 0.143. The molecule has 0 heterocycles. The van der Waals surface area contributed by atoms with Gasteiger partial charge in [0.2, 0.25) is 0 Å². The summed E-state index contributed by atoms with van der Waals surface area (Å²) in [4.78, 5) is 10.6. The number of rotatable bonds is 1. The van der Waals surface area contributed by atoms with Gasteiger partial charge in [-0.25, -0.2) is 0 Å². The summed E-state index contributed by atoms with van der Waals surface area (Å²) in [6.45, 7) is 0. The van der Waals surface area contributed by atoms with Gasteiger partial charge >= 0.3 is 64.6 Å². The molecule has 3 heteroatoms. The van der Waals surface area contributed by atoms with Crippen LogP contribution in [0.2, 0.25) is 0 Å². The molecule has 0 aromatic heterocycles. The molecule has 1 aliphatic carbocycles. The minimum atomic E-state index is -0.909. The number of hydrogen-bond donors (Lipinski definition) is 1. The average Bonchev–Trinajstić information content (AvgIpc) is 1.96. The maximum atomic E-state index is 10.6. The number of carbonyl (C=O) groups excluding carboxylic acids is 1. The molecule has 0 amide bonds. The predicted molar refractivity (Wildman–Crippen MR) is 41.1 cm³/mol. The van der Waals surface area contributed by atoms with E-state index < -0.39 is 4.46 Å². The van der Waals surface area contributed by atoms with Crippen LogP contribution in [0.1, 0.15) is 0 Å². The van der Waals surface area contributed by atoms with E-state index >= 15 is 0 Å². The molecule has 0 aliphatic heterocycles. The van der Waals surface area contributed by atoms with Crippen LogP contribution < -0.4 is 0 Å². The second kappa shape index (κ2) is 2.63. The van der Waals surface area contributed by atoms with Crippen molar-refractivity contribution in [3.05, 3.63) is 24.3 Å². The number of ketones is 1. The van der Waals surface area contributed by atoms with Crippen molar-refractivity contribution in [2.24, 2.45) is 0 Å². The first-order valence-electron chi connectivity index (χ1n) is 2.95. The van der Waals surface area contributed by atoms with Crippen LogP contribution >= 0.6 is 0 Å². The fourth-order valence-corrected chi connectivity index (χ4v) is 1.14. The van der Waals surface area contributed by atoms with Crippen molar-refractivity contribution in [1.82, 2.24) is 0 Å². The van der Waals surface area contributed by atoms with Gasteiger partial charge in [-0.3, -0.25) is 0 Å². The third-order valence-corrected chi connectivity index (χ3v) is 2.40. The quantitative estimate of drug-likeness (QED) is 0.512. The van der Waals surface area contributed by atoms with Gasteiger partial charge in [0.1, 0.15) is 0 Å². The van der Waals surface area contributed by atoms with Crippen molar-refractivity contribution < 1.29 is 9.90 Å². The molecule has 0 fully saturated rings. The van der Waals surface area contributed by atoms with E-state index in [0.717, 1.165) is 0 Å². The Morgan fingerprint density at radius 2 is 2.00 bits per heavy atom. The number of hydrogen-bond acceptors (Lipinski definition) is 2. The molecule has 0 aromatic carbocycles. The molecule has 0 saturated carbocycles. The Morgan fingerprint density at radius 3 is 2.40 bits per heavy atom. The van der Waals surface area contributed by atoms with E-state index in [0.29, 0.717) is 0 Å². The first-order valence-corrected chi connectivity index (χ1v) is 4.34. The van der Waals surface area contributed by atoms with E-state index in [2.05, 4.69) is 5.39 Å². The molecule has 0 unspecified atom stereocenters. The van der Waals surface area contributed by atoms with Gasteiger partial charge in [-0.2, -0.15) is 0 Å². The van der Waals surface area contributed by atoms with Crippen molar-refractivity contribution >= 4 is 25.9 Å². The van der Waals surface area contributed by atoms with Crippen LogP contribution in [-0.4, -0.2) is 35.5 Å². The molecular formula is C7H7AlO2. The van der Waals surface area contributed by atoms with Crippen molar-refractivity contribution in [2.45, 2.75) is 4.46 Å². The van der Waals surface area contributed by atoms with Crippen LogP contribution in [0.4, 0.5) is 0 Å². The first kappa shape index (κ1) is 7.62. The van der Waals surface area contributed by atoms with Gasteiger partial charge in [-0.1, -0.05) is 0 Å². The molecule has 2 nitrogen and oxygen atoms in total. The van der Waals surface area contributed by atoms with Gasteiger partial charge in [0, 0.05) is 0 Å². The summed E-state index contributed by atoms with van der Waals surface area (Å²) in [6.07, 6.45) is 5.74. The van der Waals surface area contributed by atoms with Gasteiger partial charge in [0.05, 0.1) is 0 Å². The Morgan fingerprint density at radius 1 is 1.50 bits per heavy atom. The third-order valence-electron chi connectivity index (χ3n) is 1.36. The molecule has 0 bridgehead atoms. The molecule has 0 spiro atoms. The van der Waals surface area contributed by atoms with E-state index in [4.69, 9.17) is 0 Å². The molecule has 10 heavy (non-hydrogen) atoms. The van der Waals surface area contributed by atoms with Gasteiger partial charge in [-0.05, 0) is 0 Å². The van der Waals surface area contributed by atoms with Crippen LogP contribution in [0, 0.1) is 0 Å². The molecule has 1 N–H and O–H groups in total. The van der Waals surface area contributed by atoms with E-state index in [1.807, 2.05) is 0 Å². The standard InChI is InChI=1S/C6H5O2.CH2.Al/c7-5-1-2-6(8)4-3-5;;/h1-4,7H;1H2;. The van der Waals surface area contributed by atoms with E-state index in [1.165, 1.54) is 24.3 Å². The normalized spacial score (nSPS) is 20.7. The first-order chi connectivity index (χ1) is 4.66. The summed E-state index contributed by atoms with van der Waals surface area (Å²) >= 11 is -0.321. The summed E-state index contributed by atoms with van der Waals surface area (Å²) in [5, 5.41) is 13.1. The number of allylic oxidation sites excluding steroid dienone is 2. The molecule has 0 atom stereocenters. The van der Waals surface area contributed by atoms with Crippen molar-refractivity contribution in [2.75, 3.05) is 0 Å². The summed E-state index contributed by atoms with van der Waals surface area (Å²) in [7, 11) is 0. The second-order valence-corrected chi connectivity index (χ2v) is 3.49. The monoisotopic (exact) mass is 150 g/mol. The van der Waals surface area contributed by atoms with Crippen LogP contribution in [0.5, 0.6) is 0 Å². The van der Waals surface area contributed by atoms with Gasteiger partial charge in [-0.15, -0.1) is 0 Å².